The summed E-state index contributed by atoms with van der Waals surface area (Å²) in [5, 5.41) is 0. The lowest BCUT2D eigenvalue weighted by Crippen LogP contribution is -2.53. The summed E-state index contributed by atoms with van der Waals surface area (Å²) in [6, 6.07) is 17.8. The molecule has 3 saturated heterocycles. The Morgan fingerprint density at radius 3 is 2.39 bits per heavy atom. The van der Waals surface area contributed by atoms with Crippen LogP contribution in [0.1, 0.15) is 18.4 Å². The lowest BCUT2D eigenvalue weighted by Gasteiger charge is -2.44. The summed E-state index contributed by atoms with van der Waals surface area (Å²) >= 11 is 0. The number of anilines is 1. The fraction of sp³-hybridized carbons (Fsp3) is 0.435. The van der Waals surface area contributed by atoms with E-state index in [0.717, 1.165) is 55.9 Å². The van der Waals surface area contributed by atoms with Gasteiger partial charge in [-0.1, -0.05) is 30.3 Å². The standard InChI is InChI=1S/C23H28N2O3/c1-27-21-9-7-18(8-10-21)11-16-25(20-5-3-2-4-6-20)23(26)28-22-17-24-14-12-19(22)13-15-24/h2-10,19,22H,11-17H2,1H3. The summed E-state index contributed by atoms with van der Waals surface area (Å²) in [5.41, 5.74) is 2.04. The number of hydrogen-bond donors (Lipinski definition) is 0. The summed E-state index contributed by atoms with van der Waals surface area (Å²) in [5.74, 6) is 1.35. The first kappa shape index (κ1) is 18.8. The predicted octanol–water partition coefficient (Wildman–Crippen LogP) is 3.98. The Kier molecular flexibility index (Phi) is 5.81. The van der Waals surface area contributed by atoms with E-state index >= 15 is 0 Å². The number of ether oxygens (including phenoxy) is 2. The molecular weight excluding hydrogens is 352 g/mol. The molecular formula is C23H28N2O3. The lowest BCUT2D eigenvalue weighted by atomic mass is 9.86. The molecule has 0 saturated carbocycles. The molecule has 3 fully saturated rings. The summed E-state index contributed by atoms with van der Waals surface area (Å²) in [4.78, 5) is 17.2. The van der Waals surface area contributed by atoms with Gasteiger partial charge in [0.05, 0.1) is 7.11 Å². The van der Waals surface area contributed by atoms with E-state index in [4.69, 9.17) is 9.47 Å². The third kappa shape index (κ3) is 4.30. The average molecular weight is 380 g/mol. The SMILES string of the molecule is COc1ccc(CCN(C(=O)OC2CN3CCC2CC3)c2ccccc2)cc1. The molecule has 1 amide bonds. The van der Waals surface area contributed by atoms with Crippen molar-refractivity contribution in [3.8, 4) is 5.75 Å². The minimum absolute atomic E-state index is 0.0159. The van der Waals surface area contributed by atoms with Gasteiger partial charge >= 0.3 is 6.09 Å². The van der Waals surface area contributed by atoms with Crippen LogP contribution in [0.15, 0.2) is 54.6 Å². The molecule has 0 aliphatic carbocycles. The van der Waals surface area contributed by atoms with Crippen molar-refractivity contribution in [1.82, 2.24) is 4.90 Å². The number of benzene rings is 2. The molecule has 28 heavy (non-hydrogen) atoms. The molecule has 0 aromatic heterocycles. The number of fused-ring (bicyclic) bond motifs is 3. The Balaban J connectivity index is 1.44. The van der Waals surface area contributed by atoms with Crippen LogP contribution >= 0.6 is 0 Å². The van der Waals surface area contributed by atoms with E-state index in [9.17, 15) is 4.79 Å². The molecule has 1 atom stereocenters. The minimum Gasteiger partial charge on any atom is -0.497 e. The van der Waals surface area contributed by atoms with Gasteiger partial charge in [0.2, 0.25) is 0 Å². The van der Waals surface area contributed by atoms with Gasteiger partial charge in [0.1, 0.15) is 11.9 Å². The molecule has 0 radical (unpaired) electrons. The molecule has 3 heterocycles. The molecule has 5 heteroatoms. The van der Waals surface area contributed by atoms with Gasteiger partial charge in [-0.2, -0.15) is 0 Å². The molecule has 5 nitrogen and oxygen atoms in total. The Morgan fingerprint density at radius 1 is 1.07 bits per heavy atom. The second kappa shape index (κ2) is 8.65. The van der Waals surface area contributed by atoms with Crippen LogP contribution in [0.5, 0.6) is 5.75 Å². The predicted molar refractivity (Wildman–Crippen MR) is 110 cm³/mol. The minimum atomic E-state index is -0.238. The van der Waals surface area contributed by atoms with Gasteiger partial charge in [0.15, 0.2) is 0 Å². The zero-order valence-corrected chi connectivity index (χ0v) is 16.4. The third-order valence-corrected chi connectivity index (χ3v) is 5.92. The van der Waals surface area contributed by atoms with Crippen LogP contribution in [0, 0.1) is 5.92 Å². The highest BCUT2D eigenvalue weighted by molar-refractivity contribution is 5.87. The molecule has 0 N–H and O–H groups in total. The molecule has 3 aliphatic rings. The van der Waals surface area contributed by atoms with Gasteiger partial charge in [-0.25, -0.2) is 4.79 Å². The van der Waals surface area contributed by atoms with Crippen molar-refractivity contribution >= 4 is 11.8 Å². The van der Waals surface area contributed by atoms with E-state index in [0.29, 0.717) is 12.5 Å². The molecule has 5 rings (SSSR count). The van der Waals surface area contributed by atoms with E-state index < -0.39 is 0 Å². The van der Waals surface area contributed by atoms with Crippen LogP contribution in [0.25, 0.3) is 0 Å². The topological polar surface area (TPSA) is 42.0 Å². The number of nitrogens with zero attached hydrogens (tertiary/aromatic N) is 2. The van der Waals surface area contributed by atoms with Crippen molar-refractivity contribution in [3.05, 3.63) is 60.2 Å². The number of piperidine rings is 3. The monoisotopic (exact) mass is 380 g/mol. The van der Waals surface area contributed by atoms with Crippen LogP contribution in [0.3, 0.4) is 0 Å². The fourth-order valence-corrected chi connectivity index (χ4v) is 4.20. The normalized spacial score (nSPS) is 23.2. The average Bonchev–Trinajstić information content (AvgIpc) is 2.76. The third-order valence-electron chi connectivity index (χ3n) is 5.92. The van der Waals surface area contributed by atoms with E-state index in [1.165, 1.54) is 0 Å². The number of methoxy groups -OCH3 is 1. The first-order valence-electron chi connectivity index (χ1n) is 10.1. The molecule has 2 aromatic carbocycles. The largest absolute Gasteiger partial charge is 0.497 e. The number of carbonyl (C=O) groups excluding carboxylic acids is 1. The summed E-state index contributed by atoms with van der Waals surface area (Å²) in [6.45, 7) is 3.73. The zero-order valence-electron chi connectivity index (χ0n) is 16.4. The van der Waals surface area contributed by atoms with Crippen LogP contribution in [0.4, 0.5) is 10.5 Å². The van der Waals surface area contributed by atoms with Gasteiger partial charge in [0.25, 0.3) is 0 Å². The van der Waals surface area contributed by atoms with Crippen LogP contribution in [-0.4, -0.2) is 50.4 Å². The summed E-state index contributed by atoms with van der Waals surface area (Å²) in [7, 11) is 1.66. The molecule has 148 valence electrons. The molecule has 0 spiro atoms. The van der Waals surface area contributed by atoms with Crippen molar-refractivity contribution in [2.45, 2.75) is 25.4 Å². The smallest absolute Gasteiger partial charge is 0.414 e. The fourth-order valence-electron chi connectivity index (χ4n) is 4.20. The highest BCUT2D eigenvalue weighted by Gasteiger charge is 2.37. The van der Waals surface area contributed by atoms with Crippen LogP contribution in [0.2, 0.25) is 0 Å². The quantitative estimate of drug-likeness (QED) is 0.760. The van der Waals surface area contributed by atoms with E-state index in [2.05, 4.69) is 4.90 Å². The van der Waals surface area contributed by atoms with E-state index in [-0.39, 0.29) is 12.2 Å². The van der Waals surface area contributed by atoms with Gasteiger partial charge in [-0.3, -0.25) is 9.80 Å². The number of amides is 1. The van der Waals surface area contributed by atoms with Crippen molar-refractivity contribution in [2.24, 2.45) is 5.92 Å². The van der Waals surface area contributed by atoms with E-state index in [1.54, 1.807) is 12.0 Å². The Hall–Kier alpha value is -2.53. The number of para-hydroxylation sites is 1. The van der Waals surface area contributed by atoms with Crippen molar-refractivity contribution in [2.75, 3.05) is 38.2 Å². The molecule has 3 aliphatic heterocycles. The van der Waals surface area contributed by atoms with Crippen LogP contribution < -0.4 is 9.64 Å². The number of rotatable bonds is 6. The first-order valence-corrected chi connectivity index (χ1v) is 10.1. The van der Waals surface area contributed by atoms with Gasteiger partial charge < -0.3 is 9.47 Å². The molecule has 1 unspecified atom stereocenters. The molecule has 2 bridgehead atoms. The highest BCUT2D eigenvalue weighted by Crippen LogP contribution is 2.30. The second-order valence-corrected chi connectivity index (χ2v) is 7.65. The Morgan fingerprint density at radius 2 is 1.79 bits per heavy atom. The second-order valence-electron chi connectivity index (χ2n) is 7.65. The lowest BCUT2D eigenvalue weighted by molar-refractivity contribution is -0.0310. The maximum atomic E-state index is 13.1. The molecule has 2 aromatic rings. The van der Waals surface area contributed by atoms with E-state index in [1.807, 2.05) is 54.6 Å². The Labute approximate surface area is 166 Å². The maximum absolute atomic E-state index is 13.1. The highest BCUT2D eigenvalue weighted by atomic mass is 16.6. The maximum Gasteiger partial charge on any atom is 0.414 e. The zero-order chi connectivity index (χ0) is 19.3. The van der Waals surface area contributed by atoms with Crippen molar-refractivity contribution in [3.63, 3.8) is 0 Å². The summed E-state index contributed by atoms with van der Waals surface area (Å²) < 4.78 is 11.2. The van der Waals surface area contributed by atoms with Gasteiger partial charge in [0, 0.05) is 18.8 Å². The van der Waals surface area contributed by atoms with Crippen molar-refractivity contribution in [1.29, 1.82) is 0 Å². The van der Waals surface area contributed by atoms with Crippen molar-refractivity contribution < 1.29 is 14.3 Å². The first-order chi connectivity index (χ1) is 13.7. The summed E-state index contributed by atoms with van der Waals surface area (Å²) in [6.07, 6.45) is 2.80. The number of hydrogen-bond acceptors (Lipinski definition) is 4. The van der Waals surface area contributed by atoms with Crippen LogP contribution in [-0.2, 0) is 11.2 Å². The van der Waals surface area contributed by atoms with Gasteiger partial charge in [-0.15, -0.1) is 0 Å². The number of carbonyl (C=O) groups is 1. The van der Waals surface area contributed by atoms with Gasteiger partial charge in [-0.05, 0) is 68.1 Å². The Bertz CT molecular complexity index is 770.